The number of furan rings is 1. The van der Waals surface area contributed by atoms with Crippen molar-refractivity contribution in [2.24, 2.45) is 0 Å². The Morgan fingerprint density at radius 1 is 1.19 bits per heavy atom. The zero-order valence-corrected chi connectivity index (χ0v) is 11.5. The summed E-state index contributed by atoms with van der Waals surface area (Å²) in [5, 5.41) is 18.2. The number of aliphatic hydroxyl groups is 2. The van der Waals surface area contributed by atoms with Gasteiger partial charge in [-0.05, 0) is 24.3 Å². The molecule has 0 radical (unpaired) electrons. The summed E-state index contributed by atoms with van der Waals surface area (Å²) in [7, 11) is 0. The maximum atomic E-state index is 10.7. The zero-order chi connectivity index (χ0) is 15.2. The van der Waals surface area contributed by atoms with Gasteiger partial charge in [-0.2, -0.15) is 0 Å². The van der Waals surface area contributed by atoms with Gasteiger partial charge in [0.1, 0.15) is 12.0 Å². The quantitative estimate of drug-likeness (QED) is 0.522. The van der Waals surface area contributed by atoms with E-state index in [1.807, 2.05) is 17.0 Å². The van der Waals surface area contributed by atoms with Crippen LogP contribution < -0.4 is 10.6 Å². The molecule has 0 fully saturated rings. The van der Waals surface area contributed by atoms with E-state index in [1.54, 1.807) is 12.1 Å². The first kappa shape index (κ1) is 15.1. The molecule has 1 aromatic carbocycles. The number of aldehydes is 1. The van der Waals surface area contributed by atoms with Crippen molar-refractivity contribution in [1.82, 2.24) is 0 Å². The summed E-state index contributed by atoms with van der Waals surface area (Å²) in [5.74, 6) is 0.504. The number of rotatable bonds is 7. The number of aliphatic hydroxyl groups excluding tert-OH is 2. The number of nitrogens with two attached hydrogens (primary N) is 1. The molecule has 0 spiro atoms. The maximum Gasteiger partial charge on any atom is 0.153 e. The van der Waals surface area contributed by atoms with Crippen molar-refractivity contribution in [1.29, 1.82) is 0 Å². The highest BCUT2D eigenvalue weighted by Crippen LogP contribution is 2.31. The van der Waals surface area contributed by atoms with Crippen LogP contribution in [0.25, 0.3) is 11.3 Å². The van der Waals surface area contributed by atoms with Crippen LogP contribution in [-0.4, -0.2) is 42.8 Å². The molecule has 6 heteroatoms. The van der Waals surface area contributed by atoms with Crippen LogP contribution in [0.3, 0.4) is 0 Å². The van der Waals surface area contributed by atoms with Crippen LogP contribution in [0.5, 0.6) is 0 Å². The molecule has 1 aromatic heterocycles. The van der Waals surface area contributed by atoms with E-state index in [-0.39, 0.29) is 13.2 Å². The summed E-state index contributed by atoms with van der Waals surface area (Å²) in [5.41, 5.74) is 8.40. The fraction of sp³-hybridized carbons (Fsp3) is 0.267. The molecule has 0 atom stereocenters. The van der Waals surface area contributed by atoms with E-state index in [4.69, 9.17) is 20.4 Å². The van der Waals surface area contributed by atoms with Gasteiger partial charge in [0.25, 0.3) is 0 Å². The lowest BCUT2D eigenvalue weighted by atomic mass is 10.1. The van der Waals surface area contributed by atoms with E-state index in [0.717, 1.165) is 5.69 Å². The lowest BCUT2D eigenvalue weighted by Crippen LogP contribution is -2.29. The fourth-order valence-electron chi connectivity index (χ4n) is 2.12. The first-order chi connectivity index (χ1) is 10.2. The Labute approximate surface area is 122 Å². The molecule has 0 saturated carbocycles. The monoisotopic (exact) mass is 290 g/mol. The SMILES string of the molecule is Nc1ccc(N(CCO)CCO)cc1-c1cc(C=O)co1. The van der Waals surface area contributed by atoms with Crippen LogP contribution in [0, 0.1) is 0 Å². The largest absolute Gasteiger partial charge is 0.464 e. The third-order valence-electron chi connectivity index (χ3n) is 3.16. The number of nitrogens with zero attached hydrogens (tertiary/aromatic N) is 1. The van der Waals surface area contributed by atoms with Crippen LogP contribution in [0.4, 0.5) is 11.4 Å². The highest BCUT2D eigenvalue weighted by atomic mass is 16.3. The minimum Gasteiger partial charge on any atom is -0.464 e. The van der Waals surface area contributed by atoms with Crippen LogP contribution in [-0.2, 0) is 0 Å². The average Bonchev–Trinajstić information content (AvgIpc) is 2.96. The van der Waals surface area contributed by atoms with E-state index >= 15 is 0 Å². The van der Waals surface area contributed by atoms with E-state index in [1.165, 1.54) is 6.26 Å². The summed E-state index contributed by atoms with van der Waals surface area (Å²) in [6.07, 6.45) is 2.07. The predicted octanol–water partition coefficient (Wildman–Crippen LogP) is 1.13. The van der Waals surface area contributed by atoms with Gasteiger partial charge >= 0.3 is 0 Å². The van der Waals surface area contributed by atoms with E-state index in [9.17, 15) is 4.79 Å². The topological polar surface area (TPSA) is 99.9 Å². The molecule has 0 aliphatic heterocycles. The number of anilines is 2. The van der Waals surface area contributed by atoms with Gasteiger partial charge in [0.15, 0.2) is 6.29 Å². The summed E-state index contributed by atoms with van der Waals surface area (Å²) >= 11 is 0. The molecule has 0 aliphatic carbocycles. The molecule has 2 rings (SSSR count). The minimum absolute atomic E-state index is 0.0181. The molecular formula is C15H18N2O4. The molecule has 1 heterocycles. The third-order valence-corrected chi connectivity index (χ3v) is 3.16. The maximum absolute atomic E-state index is 10.7. The standard InChI is InChI=1S/C15H18N2O4/c16-14-2-1-12(17(3-5-18)4-6-19)8-13(14)15-7-11(9-20)10-21-15/h1-2,7-10,18-19H,3-6,16H2. The Hall–Kier alpha value is -2.31. The highest BCUT2D eigenvalue weighted by molar-refractivity contribution is 5.82. The van der Waals surface area contributed by atoms with Crippen molar-refractivity contribution >= 4 is 17.7 Å². The van der Waals surface area contributed by atoms with Gasteiger partial charge in [-0.3, -0.25) is 4.79 Å². The van der Waals surface area contributed by atoms with E-state index < -0.39 is 0 Å². The molecule has 0 aliphatic rings. The van der Waals surface area contributed by atoms with Crippen molar-refractivity contribution in [3.05, 3.63) is 36.1 Å². The number of hydrogen-bond donors (Lipinski definition) is 3. The second-order valence-corrected chi connectivity index (χ2v) is 4.57. The highest BCUT2D eigenvalue weighted by Gasteiger charge is 2.12. The van der Waals surface area contributed by atoms with Crippen LogP contribution in [0.1, 0.15) is 10.4 Å². The molecule has 0 saturated heterocycles. The lowest BCUT2D eigenvalue weighted by molar-refractivity contribution is 0.112. The van der Waals surface area contributed by atoms with E-state index in [0.29, 0.717) is 42.0 Å². The van der Waals surface area contributed by atoms with Crippen molar-refractivity contribution in [2.75, 3.05) is 36.9 Å². The van der Waals surface area contributed by atoms with Crippen molar-refractivity contribution in [2.45, 2.75) is 0 Å². The van der Waals surface area contributed by atoms with Gasteiger partial charge in [0, 0.05) is 30.0 Å². The Bertz CT molecular complexity index is 603. The molecule has 0 amide bonds. The van der Waals surface area contributed by atoms with E-state index in [2.05, 4.69) is 0 Å². The fourth-order valence-corrected chi connectivity index (χ4v) is 2.12. The average molecular weight is 290 g/mol. The third kappa shape index (κ3) is 3.42. The number of hydrogen-bond acceptors (Lipinski definition) is 6. The van der Waals surface area contributed by atoms with Gasteiger partial charge in [0.2, 0.25) is 0 Å². The molecule has 4 N–H and O–H groups in total. The van der Waals surface area contributed by atoms with Gasteiger partial charge < -0.3 is 25.3 Å². The van der Waals surface area contributed by atoms with Crippen LogP contribution in [0.2, 0.25) is 0 Å². The molecule has 6 nitrogen and oxygen atoms in total. The number of carbonyl (C=O) groups is 1. The van der Waals surface area contributed by atoms with Gasteiger partial charge in [-0.25, -0.2) is 0 Å². The first-order valence-corrected chi connectivity index (χ1v) is 6.60. The second-order valence-electron chi connectivity index (χ2n) is 4.57. The Balaban J connectivity index is 2.37. The number of benzene rings is 1. The minimum atomic E-state index is -0.0181. The zero-order valence-electron chi connectivity index (χ0n) is 11.5. The van der Waals surface area contributed by atoms with Gasteiger partial charge in [0.05, 0.1) is 18.8 Å². The summed E-state index contributed by atoms with van der Waals surface area (Å²) in [4.78, 5) is 12.6. The Kier molecular flexibility index (Phi) is 4.97. The van der Waals surface area contributed by atoms with Crippen molar-refractivity contribution in [3.63, 3.8) is 0 Å². The summed E-state index contributed by atoms with van der Waals surface area (Å²) < 4.78 is 5.35. The summed E-state index contributed by atoms with van der Waals surface area (Å²) in [6, 6.07) is 6.97. The number of carbonyl (C=O) groups excluding carboxylic acids is 1. The summed E-state index contributed by atoms with van der Waals surface area (Å²) in [6.45, 7) is 0.773. The van der Waals surface area contributed by atoms with Gasteiger partial charge in [-0.15, -0.1) is 0 Å². The Morgan fingerprint density at radius 2 is 1.90 bits per heavy atom. The van der Waals surface area contributed by atoms with Gasteiger partial charge in [-0.1, -0.05) is 0 Å². The second kappa shape index (κ2) is 6.92. The smallest absolute Gasteiger partial charge is 0.153 e. The predicted molar refractivity (Wildman–Crippen MR) is 80.3 cm³/mol. The van der Waals surface area contributed by atoms with Crippen molar-refractivity contribution < 1.29 is 19.4 Å². The normalized spacial score (nSPS) is 10.6. The molecule has 0 bridgehead atoms. The lowest BCUT2D eigenvalue weighted by Gasteiger charge is -2.23. The molecule has 2 aromatic rings. The van der Waals surface area contributed by atoms with Crippen LogP contribution >= 0.6 is 0 Å². The molecular weight excluding hydrogens is 272 g/mol. The molecule has 112 valence electrons. The number of nitrogen functional groups attached to an aromatic ring is 1. The van der Waals surface area contributed by atoms with Crippen molar-refractivity contribution in [3.8, 4) is 11.3 Å². The molecule has 21 heavy (non-hydrogen) atoms. The Morgan fingerprint density at radius 3 is 2.48 bits per heavy atom. The molecule has 0 unspecified atom stereocenters. The first-order valence-electron chi connectivity index (χ1n) is 6.60. The van der Waals surface area contributed by atoms with Crippen LogP contribution in [0.15, 0.2) is 34.9 Å².